The number of carbonyl (C=O) groups excluding carboxylic acids is 1. The highest BCUT2D eigenvalue weighted by Crippen LogP contribution is 2.33. The molecule has 1 atom stereocenters. The van der Waals surface area contributed by atoms with Crippen molar-refractivity contribution >= 4 is 57.9 Å². The third kappa shape index (κ3) is 4.43. The maximum absolute atomic E-state index is 13.6. The minimum Gasteiger partial charge on any atom is -0.463 e. The summed E-state index contributed by atoms with van der Waals surface area (Å²) in [6.07, 6.45) is 1.68. The van der Waals surface area contributed by atoms with Gasteiger partial charge in [0.1, 0.15) is 17.6 Å². The Balaban J connectivity index is 1.61. The average molecular weight is 545 g/mol. The van der Waals surface area contributed by atoms with Crippen LogP contribution in [0.4, 0.5) is 0 Å². The van der Waals surface area contributed by atoms with Crippen LogP contribution in [0.3, 0.4) is 0 Å². The number of esters is 1. The van der Waals surface area contributed by atoms with E-state index in [-0.39, 0.29) is 12.2 Å². The van der Waals surface area contributed by atoms with Gasteiger partial charge in [-0.25, -0.2) is 9.79 Å². The van der Waals surface area contributed by atoms with Crippen LogP contribution < -0.4 is 14.9 Å². The molecule has 0 saturated heterocycles. The fraction of sp³-hybridized carbons (Fsp3) is 0.160. The maximum atomic E-state index is 13.6. The van der Waals surface area contributed by atoms with Crippen LogP contribution in [-0.4, -0.2) is 17.1 Å². The first-order valence-electron chi connectivity index (χ1n) is 10.7. The summed E-state index contributed by atoms with van der Waals surface area (Å²) >= 11 is 14.9. The molecule has 0 spiro atoms. The van der Waals surface area contributed by atoms with E-state index in [1.165, 1.54) is 22.7 Å². The second-order valence-electron chi connectivity index (χ2n) is 7.65. The van der Waals surface area contributed by atoms with Crippen molar-refractivity contribution < 1.29 is 13.9 Å². The highest BCUT2D eigenvalue weighted by molar-refractivity contribution is 7.10. The van der Waals surface area contributed by atoms with Gasteiger partial charge in [-0.1, -0.05) is 40.6 Å². The quantitative estimate of drug-likeness (QED) is 0.314. The number of nitrogens with zero attached hydrogens (tertiary/aromatic N) is 2. The molecule has 178 valence electrons. The lowest BCUT2D eigenvalue weighted by Crippen LogP contribution is -2.39. The minimum atomic E-state index is -0.601. The Labute approximate surface area is 218 Å². The molecule has 4 aromatic rings. The molecule has 1 aliphatic rings. The van der Waals surface area contributed by atoms with Gasteiger partial charge in [0.15, 0.2) is 4.80 Å². The highest BCUT2D eigenvalue weighted by Gasteiger charge is 2.33. The Morgan fingerprint density at radius 1 is 1.23 bits per heavy atom. The first kappa shape index (κ1) is 23.8. The third-order valence-electron chi connectivity index (χ3n) is 5.43. The summed E-state index contributed by atoms with van der Waals surface area (Å²) in [5.41, 5.74) is 1.42. The topological polar surface area (TPSA) is 73.8 Å². The number of furan rings is 1. The van der Waals surface area contributed by atoms with Crippen LogP contribution in [0.1, 0.15) is 30.5 Å². The van der Waals surface area contributed by atoms with Crippen LogP contribution in [0.25, 0.3) is 17.4 Å². The van der Waals surface area contributed by atoms with Crippen molar-refractivity contribution in [1.82, 2.24) is 4.57 Å². The molecule has 1 unspecified atom stereocenters. The number of hydrogen-bond donors (Lipinski definition) is 0. The van der Waals surface area contributed by atoms with Crippen molar-refractivity contribution in [2.24, 2.45) is 4.99 Å². The second-order valence-corrected chi connectivity index (χ2v) is 10.5. The van der Waals surface area contributed by atoms with Crippen LogP contribution in [0.2, 0.25) is 10.0 Å². The van der Waals surface area contributed by atoms with Gasteiger partial charge in [0.2, 0.25) is 0 Å². The fourth-order valence-electron chi connectivity index (χ4n) is 3.87. The normalized spacial score (nSPS) is 15.8. The molecule has 1 aliphatic heterocycles. The van der Waals surface area contributed by atoms with Crippen molar-refractivity contribution in [1.29, 1.82) is 0 Å². The van der Waals surface area contributed by atoms with Crippen LogP contribution >= 0.6 is 45.9 Å². The number of carbonyl (C=O) groups is 1. The van der Waals surface area contributed by atoms with Crippen molar-refractivity contribution in [3.63, 3.8) is 0 Å². The Bertz CT molecular complexity index is 1640. The number of allylic oxidation sites excluding steroid dienone is 1. The largest absolute Gasteiger partial charge is 0.463 e. The molecule has 0 bridgehead atoms. The number of fused-ring (bicyclic) bond motifs is 1. The molecule has 4 heterocycles. The smallest absolute Gasteiger partial charge is 0.338 e. The van der Waals surface area contributed by atoms with Gasteiger partial charge >= 0.3 is 5.97 Å². The standard InChI is InChI=1S/C25H18Cl2N2O4S2/c1-3-32-24(31)21-13(2)28-25-29(22(21)19-5-4-10-34-19)23(30)20(35-25)12-15-7-9-18(33-15)14-6-8-16(26)17(27)11-14/h4-12,22H,3H2,1-2H3. The number of halogens is 2. The zero-order chi connectivity index (χ0) is 24.7. The summed E-state index contributed by atoms with van der Waals surface area (Å²) in [4.78, 5) is 32.3. The Morgan fingerprint density at radius 3 is 2.77 bits per heavy atom. The van der Waals surface area contributed by atoms with Gasteiger partial charge in [0.05, 0.1) is 32.5 Å². The van der Waals surface area contributed by atoms with Crippen LogP contribution in [0.15, 0.2) is 73.3 Å². The number of aromatic nitrogens is 1. The van der Waals surface area contributed by atoms with E-state index in [1.54, 1.807) is 48.8 Å². The minimum absolute atomic E-state index is 0.233. The molecule has 1 aromatic carbocycles. The Morgan fingerprint density at radius 2 is 2.06 bits per heavy atom. The zero-order valence-electron chi connectivity index (χ0n) is 18.6. The molecular weight excluding hydrogens is 527 g/mol. The third-order valence-corrected chi connectivity index (χ3v) is 8.08. The van der Waals surface area contributed by atoms with Crippen LogP contribution in [0.5, 0.6) is 0 Å². The Hall–Kier alpha value is -2.91. The first-order valence-corrected chi connectivity index (χ1v) is 13.1. The molecule has 0 saturated carbocycles. The van der Waals surface area contributed by atoms with Crippen molar-refractivity contribution in [3.8, 4) is 11.3 Å². The molecule has 0 aliphatic carbocycles. The zero-order valence-corrected chi connectivity index (χ0v) is 21.7. The summed E-state index contributed by atoms with van der Waals surface area (Å²) in [6.45, 7) is 3.75. The van der Waals surface area contributed by atoms with E-state index < -0.39 is 12.0 Å². The summed E-state index contributed by atoms with van der Waals surface area (Å²) in [6, 6.07) is 12.0. The van der Waals surface area contributed by atoms with E-state index in [4.69, 9.17) is 32.4 Å². The van der Waals surface area contributed by atoms with Gasteiger partial charge in [0.25, 0.3) is 5.56 Å². The summed E-state index contributed by atoms with van der Waals surface area (Å²) in [7, 11) is 0. The highest BCUT2D eigenvalue weighted by atomic mass is 35.5. The van der Waals surface area contributed by atoms with E-state index in [0.717, 1.165) is 10.4 Å². The van der Waals surface area contributed by atoms with E-state index in [0.29, 0.717) is 42.2 Å². The van der Waals surface area contributed by atoms with Gasteiger partial charge in [-0.05, 0) is 55.6 Å². The monoisotopic (exact) mass is 544 g/mol. The lowest BCUT2D eigenvalue weighted by atomic mass is 10.0. The fourth-order valence-corrected chi connectivity index (χ4v) is 6.02. The van der Waals surface area contributed by atoms with E-state index in [9.17, 15) is 9.59 Å². The van der Waals surface area contributed by atoms with Gasteiger partial charge < -0.3 is 9.15 Å². The lowest BCUT2D eigenvalue weighted by molar-refractivity contribution is -0.139. The van der Waals surface area contributed by atoms with Gasteiger partial charge in [-0.3, -0.25) is 9.36 Å². The molecule has 0 amide bonds. The van der Waals surface area contributed by atoms with E-state index in [1.807, 2.05) is 23.6 Å². The summed E-state index contributed by atoms with van der Waals surface area (Å²) in [5, 5.41) is 2.80. The van der Waals surface area contributed by atoms with Crippen LogP contribution in [-0.2, 0) is 9.53 Å². The van der Waals surface area contributed by atoms with Crippen LogP contribution in [0, 0.1) is 0 Å². The molecule has 0 N–H and O–H groups in total. The lowest BCUT2D eigenvalue weighted by Gasteiger charge is -2.23. The number of thiophene rings is 1. The van der Waals surface area contributed by atoms with Gasteiger partial charge in [-0.2, -0.15) is 0 Å². The number of benzene rings is 1. The summed E-state index contributed by atoms with van der Waals surface area (Å²) in [5.74, 6) is 0.628. The molecule has 0 radical (unpaired) electrons. The molecular formula is C25H18Cl2N2O4S2. The molecule has 5 rings (SSSR count). The SMILES string of the molecule is CCOC(=O)C1=C(C)N=c2sc(=Cc3ccc(-c4ccc(Cl)c(Cl)c4)o3)c(=O)n2C1c1cccs1. The van der Waals surface area contributed by atoms with Crippen molar-refractivity contribution in [2.45, 2.75) is 19.9 Å². The first-order chi connectivity index (χ1) is 16.9. The predicted molar refractivity (Wildman–Crippen MR) is 139 cm³/mol. The van der Waals surface area contributed by atoms with Gasteiger partial charge in [0, 0.05) is 16.5 Å². The number of ether oxygens (including phenoxy) is 1. The van der Waals surface area contributed by atoms with E-state index >= 15 is 0 Å². The summed E-state index contributed by atoms with van der Waals surface area (Å²) < 4.78 is 13.3. The molecule has 0 fully saturated rings. The second kappa shape index (κ2) is 9.62. The van der Waals surface area contributed by atoms with E-state index in [2.05, 4.69) is 4.99 Å². The van der Waals surface area contributed by atoms with Crippen molar-refractivity contribution in [2.75, 3.05) is 6.61 Å². The molecule has 3 aromatic heterocycles. The molecule has 10 heteroatoms. The average Bonchev–Trinajstić information content (AvgIpc) is 3.57. The predicted octanol–water partition coefficient (Wildman–Crippen LogP) is 5.43. The Kier molecular flexibility index (Phi) is 6.55. The number of thiazole rings is 1. The molecule has 35 heavy (non-hydrogen) atoms. The number of rotatable bonds is 5. The number of hydrogen-bond acceptors (Lipinski definition) is 7. The maximum Gasteiger partial charge on any atom is 0.338 e. The molecule has 6 nitrogen and oxygen atoms in total. The van der Waals surface area contributed by atoms with Gasteiger partial charge in [-0.15, -0.1) is 11.3 Å². The van der Waals surface area contributed by atoms with Crippen molar-refractivity contribution in [3.05, 3.63) is 99.5 Å².